The second-order valence-electron chi connectivity index (χ2n) is 4.83. The molecule has 0 fully saturated rings. The molecule has 0 radical (unpaired) electrons. The fourth-order valence-corrected chi connectivity index (χ4v) is 2.90. The number of imidazole rings is 1. The van der Waals surface area contributed by atoms with Gasteiger partial charge in [-0.05, 0) is 18.2 Å². The number of rotatable bonds is 2. The van der Waals surface area contributed by atoms with Gasteiger partial charge < -0.3 is 9.88 Å². The van der Waals surface area contributed by atoms with Crippen molar-refractivity contribution in [1.82, 2.24) is 14.9 Å². The van der Waals surface area contributed by atoms with Gasteiger partial charge in [-0.2, -0.15) is 0 Å². The zero-order valence-corrected chi connectivity index (χ0v) is 11.7. The molecule has 0 spiro atoms. The Morgan fingerprint density at radius 2 is 2.20 bits per heavy atom. The van der Waals surface area contributed by atoms with E-state index in [1.54, 1.807) is 6.20 Å². The van der Waals surface area contributed by atoms with Crippen LogP contribution in [-0.4, -0.2) is 30.8 Å². The van der Waals surface area contributed by atoms with Gasteiger partial charge in [-0.25, -0.2) is 17.8 Å². The third kappa shape index (κ3) is 2.34. The highest BCUT2D eigenvalue weighted by molar-refractivity contribution is 7.90. The van der Waals surface area contributed by atoms with Crippen molar-refractivity contribution in [2.75, 3.05) is 12.8 Å². The van der Waals surface area contributed by atoms with Crippen molar-refractivity contribution in [1.29, 1.82) is 0 Å². The second kappa shape index (κ2) is 4.68. The lowest BCUT2D eigenvalue weighted by Crippen LogP contribution is -2.27. The summed E-state index contributed by atoms with van der Waals surface area (Å²) in [6, 6.07) is 3.78. The van der Waals surface area contributed by atoms with Crippen LogP contribution in [0.15, 0.2) is 29.3 Å². The normalized spacial score (nSPS) is 15.1. The van der Waals surface area contributed by atoms with Crippen molar-refractivity contribution in [3.63, 3.8) is 0 Å². The standard InChI is InChI=1S/C13H14FN3O2S/c1-20(18,19)9-2-3-11(14)10(6-9)12-8-17-5-4-15-7-13(17)16-12/h2-3,6,8,15H,4-5,7H2,1H3. The van der Waals surface area contributed by atoms with Crippen molar-refractivity contribution in [3.05, 3.63) is 36.0 Å². The van der Waals surface area contributed by atoms with Gasteiger partial charge >= 0.3 is 0 Å². The molecule has 0 aliphatic carbocycles. The van der Waals surface area contributed by atoms with Gasteiger partial charge in [0.2, 0.25) is 0 Å². The Bertz CT molecular complexity index is 744. The average molecular weight is 295 g/mol. The molecule has 1 aliphatic heterocycles. The van der Waals surface area contributed by atoms with E-state index in [-0.39, 0.29) is 10.5 Å². The summed E-state index contributed by atoms with van der Waals surface area (Å²) in [6.07, 6.45) is 2.87. The number of sulfone groups is 1. The molecule has 1 aliphatic rings. The van der Waals surface area contributed by atoms with Crippen LogP contribution in [0.1, 0.15) is 5.82 Å². The minimum Gasteiger partial charge on any atom is -0.332 e. The molecule has 3 rings (SSSR count). The molecule has 2 aromatic rings. The van der Waals surface area contributed by atoms with Gasteiger partial charge in [-0.15, -0.1) is 0 Å². The van der Waals surface area contributed by atoms with Gasteiger partial charge in [-0.3, -0.25) is 0 Å². The number of halogens is 1. The fourth-order valence-electron chi connectivity index (χ4n) is 2.25. The molecule has 2 heterocycles. The smallest absolute Gasteiger partial charge is 0.175 e. The van der Waals surface area contributed by atoms with Crippen LogP contribution in [0.25, 0.3) is 11.3 Å². The summed E-state index contributed by atoms with van der Waals surface area (Å²) in [5, 5.41) is 3.18. The van der Waals surface area contributed by atoms with Crippen LogP contribution in [0, 0.1) is 5.82 Å². The van der Waals surface area contributed by atoms with Crippen LogP contribution in [-0.2, 0) is 22.9 Å². The lowest BCUT2D eigenvalue weighted by atomic mass is 10.1. The molecular weight excluding hydrogens is 281 g/mol. The molecular formula is C13H14FN3O2S. The summed E-state index contributed by atoms with van der Waals surface area (Å²) in [6.45, 7) is 2.25. The Morgan fingerprint density at radius 1 is 1.40 bits per heavy atom. The van der Waals surface area contributed by atoms with Gasteiger partial charge in [0.05, 0.1) is 17.1 Å². The van der Waals surface area contributed by atoms with Gasteiger partial charge in [0.25, 0.3) is 0 Å². The van der Waals surface area contributed by atoms with Crippen molar-refractivity contribution in [2.24, 2.45) is 0 Å². The van der Waals surface area contributed by atoms with Crippen LogP contribution < -0.4 is 5.32 Å². The molecule has 20 heavy (non-hydrogen) atoms. The first-order valence-electron chi connectivity index (χ1n) is 6.22. The van der Waals surface area contributed by atoms with E-state index in [1.807, 2.05) is 4.57 Å². The Kier molecular flexibility index (Phi) is 3.10. The molecule has 5 nitrogen and oxygen atoms in total. The SMILES string of the molecule is CS(=O)(=O)c1ccc(F)c(-c2cn3c(n2)CNCC3)c1. The van der Waals surface area contributed by atoms with Crippen LogP contribution in [0.2, 0.25) is 0 Å². The van der Waals surface area contributed by atoms with E-state index >= 15 is 0 Å². The highest BCUT2D eigenvalue weighted by Gasteiger charge is 2.17. The Balaban J connectivity index is 2.11. The summed E-state index contributed by atoms with van der Waals surface area (Å²) in [4.78, 5) is 4.47. The Hall–Kier alpha value is -1.73. The van der Waals surface area contributed by atoms with Gasteiger partial charge in [0.1, 0.15) is 11.6 Å². The van der Waals surface area contributed by atoms with Crippen molar-refractivity contribution >= 4 is 9.84 Å². The van der Waals surface area contributed by atoms with E-state index in [4.69, 9.17) is 0 Å². The maximum Gasteiger partial charge on any atom is 0.175 e. The summed E-state index contributed by atoms with van der Waals surface area (Å²) >= 11 is 0. The van der Waals surface area contributed by atoms with Crippen molar-refractivity contribution in [2.45, 2.75) is 18.0 Å². The van der Waals surface area contributed by atoms with E-state index in [1.165, 1.54) is 18.2 Å². The summed E-state index contributed by atoms with van der Waals surface area (Å²) in [5.74, 6) is 0.358. The third-order valence-electron chi connectivity index (χ3n) is 3.31. The Morgan fingerprint density at radius 3 is 2.90 bits per heavy atom. The van der Waals surface area contributed by atoms with E-state index in [9.17, 15) is 12.8 Å². The third-order valence-corrected chi connectivity index (χ3v) is 4.42. The van der Waals surface area contributed by atoms with E-state index < -0.39 is 15.7 Å². The van der Waals surface area contributed by atoms with E-state index in [0.29, 0.717) is 12.2 Å². The van der Waals surface area contributed by atoms with E-state index in [0.717, 1.165) is 25.2 Å². The fraction of sp³-hybridized carbons (Fsp3) is 0.308. The highest BCUT2D eigenvalue weighted by atomic mass is 32.2. The first-order chi connectivity index (χ1) is 9.45. The topological polar surface area (TPSA) is 64.0 Å². The molecule has 1 aromatic heterocycles. The molecule has 0 amide bonds. The molecule has 0 saturated carbocycles. The average Bonchev–Trinajstić information content (AvgIpc) is 2.81. The number of nitrogens with zero attached hydrogens (tertiary/aromatic N) is 2. The first-order valence-corrected chi connectivity index (χ1v) is 8.11. The number of benzene rings is 1. The largest absolute Gasteiger partial charge is 0.332 e. The maximum atomic E-state index is 13.9. The molecule has 1 aromatic carbocycles. The lowest BCUT2D eigenvalue weighted by Gasteiger charge is -2.13. The number of hydrogen-bond donors (Lipinski definition) is 1. The lowest BCUT2D eigenvalue weighted by molar-refractivity contribution is 0.505. The predicted octanol–water partition coefficient (Wildman–Crippen LogP) is 1.20. The van der Waals surface area contributed by atoms with Gasteiger partial charge in [-0.1, -0.05) is 0 Å². The zero-order valence-electron chi connectivity index (χ0n) is 10.9. The van der Waals surface area contributed by atoms with Crippen LogP contribution in [0.5, 0.6) is 0 Å². The van der Waals surface area contributed by atoms with Crippen LogP contribution >= 0.6 is 0 Å². The van der Waals surface area contributed by atoms with Gasteiger partial charge in [0, 0.05) is 31.1 Å². The molecule has 7 heteroatoms. The summed E-state index contributed by atoms with van der Waals surface area (Å²) in [5.41, 5.74) is 0.682. The molecule has 1 N–H and O–H groups in total. The molecule has 0 saturated heterocycles. The maximum absolute atomic E-state index is 13.9. The molecule has 0 unspecified atom stereocenters. The second-order valence-corrected chi connectivity index (χ2v) is 6.84. The van der Waals surface area contributed by atoms with Crippen LogP contribution in [0.3, 0.4) is 0 Å². The van der Waals surface area contributed by atoms with Crippen molar-refractivity contribution in [3.8, 4) is 11.3 Å². The zero-order chi connectivity index (χ0) is 14.3. The van der Waals surface area contributed by atoms with Crippen LogP contribution in [0.4, 0.5) is 4.39 Å². The van der Waals surface area contributed by atoms with Gasteiger partial charge in [0.15, 0.2) is 9.84 Å². The molecule has 0 bridgehead atoms. The number of nitrogens with one attached hydrogen (secondary N) is 1. The predicted molar refractivity (Wildman–Crippen MR) is 72.4 cm³/mol. The first kappa shape index (κ1) is 13.3. The minimum absolute atomic E-state index is 0.0954. The monoisotopic (exact) mass is 295 g/mol. The van der Waals surface area contributed by atoms with Crippen molar-refractivity contribution < 1.29 is 12.8 Å². The Labute approximate surface area is 116 Å². The number of hydrogen-bond acceptors (Lipinski definition) is 4. The molecule has 0 atom stereocenters. The number of fused-ring (bicyclic) bond motifs is 1. The quantitative estimate of drug-likeness (QED) is 0.846. The number of aromatic nitrogens is 2. The highest BCUT2D eigenvalue weighted by Crippen LogP contribution is 2.25. The molecule has 106 valence electrons. The summed E-state index contributed by atoms with van der Waals surface area (Å²) < 4.78 is 39.0. The minimum atomic E-state index is -3.37. The summed E-state index contributed by atoms with van der Waals surface area (Å²) in [7, 11) is -3.37. The van der Waals surface area contributed by atoms with E-state index in [2.05, 4.69) is 10.3 Å².